The van der Waals surface area contributed by atoms with Crippen LogP contribution in [0.4, 0.5) is 5.69 Å². The first-order valence-corrected chi connectivity index (χ1v) is 4.02. The number of nitriles is 1. The van der Waals surface area contributed by atoms with Gasteiger partial charge in [0.2, 0.25) is 0 Å². The summed E-state index contributed by atoms with van der Waals surface area (Å²) < 4.78 is 5.24. The van der Waals surface area contributed by atoms with E-state index in [0.717, 1.165) is 0 Å². The average molecular weight is 193 g/mol. The van der Waals surface area contributed by atoms with Gasteiger partial charge in [-0.15, -0.1) is 0 Å². The third-order valence-electron chi connectivity index (χ3n) is 1.60. The smallest absolute Gasteiger partial charge is 0.142 e. The molecule has 0 saturated carbocycles. The van der Waals surface area contributed by atoms with Crippen LogP contribution < -0.4 is 16.4 Å². The SMILES string of the molecule is N#Cc1ccc(OCCON)c(N)c1. The minimum atomic E-state index is 0.291. The van der Waals surface area contributed by atoms with Crippen molar-refractivity contribution in [1.29, 1.82) is 5.26 Å². The molecule has 0 heterocycles. The van der Waals surface area contributed by atoms with Gasteiger partial charge in [0.25, 0.3) is 0 Å². The molecule has 74 valence electrons. The fourth-order valence-corrected chi connectivity index (χ4v) is 0.949. The third-order valence-corrected chi connectivity index (χ3v) is 1.60. The van der Waals surface area contributed by atoms with Crippen molar-refractivity contribution >= 4 is 5.69 Å². The number of nitrogen functional groups attached to an aromatic ring is 1. The number of benzene rings is 1. The van der Waals surface area contributed by atoms with Gasteiger partial charge in [0.1, 0.15) is 19.0 Å². The molecule has 0 radical (unpaired) electrons. The Morgan fingerprint density at radius 2 is 2.14 bits per heavy atom. The number of nitrogens with zero attached hydrogens (tertiary/aromatic N) is 1. The average Bonchev–Trinajstić information content (AvgIpc) is 2.20. The molecular weight excluding hydrogens is 182 g/mol. The molecule has 1 aromatic rings. The molecule has 0 spiro atoms. The molecule has 0 fully saturated rings. The monoisotopic (exact) mass is 193 g/mol. The van der Waals surface area contributed by atoms with E-state index in [4.69, 9.17) is 21.6 Å². The van der Waals surface area contributed by atoms with Crippen molar-refractivity contribution in [2.75, 3.05) is 18.9 Å². The van der Waals surface area contributed by atoms with Crippen LogP contribution in [0.3, 0.4) is 0 Å². The highest BCUT2D eigenvalue weighted by Gasteiger charge is 2.01. The van der Waals surface area contributed by atoms with Gasteiger partial charge in [-0.05, 0) is 18.2 Å². The van der Waals surface area contributed by atoms with Gasteiger partial charge in [-0.2, -0.15) is 5.26 Å². The predicted octanol–water partition coefficient (Wildman–Crippen LogP) is 0.410. The number of ether oxygens (including phenoxy) is 1. The zero-order chi connectivity index (χ0) is 10.4. The van der Waals surface area contributed by atoms with E-state index in [0.29, 0.717) is 30.2 Å². The van der Waals surface area contributed by atoms with Crippen LogP contribution in [0.15, 0.2) is 18.2 Å². The first-order chi connectivity index (χ1) is 6.77. The molecule has 5 nitrogen and oxygen atoms in total. The van der Waals surface area contributed by atoms with Crippen molar-refractivity contribution in [2.24, 2.45) is 5.90 Å². The van der Waals surface area contributed by atoms with Crippen molar-refractivity contribution < 1.29 is 9.57 Å². The van der Waals surface area contributed by atoms with Crippen molar-refractivity contribution in [3.8, 4) is 11.8 Å². The third kappa shape index (κ3) is 2.62. The van der Waals surface area contributed by atoms with Gasteiger partial charge in [0, 0.05) is 0 Å². The summed E-state index contributed by atoms with van der Waals surface area (Å²) >= 11 is 0. The summed E-state index contributed by atoms with van der Waals surface area (Å²) in [6.07, 6.45) is 0. The first-order valence-electron chi connectivity index (χ1n) is 4.02. The van der Waals surface area contributed by atoms with Gasteiger partial charge in [-0.1, -0.05) is 0 Å². The Morgan fingerprint density at radius 3 is 2.71 bits per heavy atom. The standard InChI is InChI=1S/C9H11N3O2/c10-6-7-1-2-9(8(11)5-7)13-3-4-14-12/h1-2,5H,3-4,11-12H2. The molecule has 0 amide bonds. The van der Waals surface area contributed by atoms with Crippen LogP contribution in [0.5, 0.6) is 5.75 Å². The lowest BCUT2D eigenvalue weighted by Gasteiger charge is -2.07. The van der Waals surface area contributed by atoms with E-state index in [1.807, 2.05) is 6.07 Å². The van der Waals surface area contributed by atoms with Crippen molar-refractivity contribution in [3.05, 3.63) is 23.8 Å². The van der Waals surface area contributed by atoms with Crippen LogP contribution in [-0.2, 0) is 4.84 Å². The molecule has 1 rings (SSSR count). The summed E-state index contributed by atoms with van der Waals surface area (Å²) in [5.74, 6) is 5.35. The normalized spacial score (nSPS) is 9.43. The summed E-state index contributed by atoms with van der Waals surface area (Å²) in [4.78, 5) is 4.33. The van der Waals surface area contributed by atoms with E-state index >= 15 is 0 Å². The van der Waals surface area contributed by atoms with Crippen molar-refractivity contribution in [1.82, 2.24) is 0 Å². The van der Waals surface area contributed by atoms with Crippen LogP contribution in [0.25, 0.3) is 0 Å². The quantitative estimate of drug-likeness (QED) is 0.410. The van der Waals surface area contributed by atoms with E-state index in [9.17, 15) is 0 Å². The molecule has 0 unspecified atom stereocenters. The maximum Gasteiger partial charge on any atom is 0.142 e. The largest absolute Gasteiger partial charge is 0.489 e. The maximum atomic E-state index is 8.58. The number of nitrogens with two attached hydrogens (primary N) is 2. The minimum Gasteiger partial charge on any atom is -0.489 e. The lowest BCUT2D eigenvalue weighted by molar-refractivity contribution is 0.102. The summed E-state index contributed by atoms with van der Waals surface area (Å²) in [5.41, 5.74) is 6.57. The van der Waals surface area contributed by atoms with Gasteiger partial charge < -0.3 is 15.3 Å². The lowest BCUT2D eigenvalue weighted by atomic mass is 10.2. The Bertz CT molecular complexity index is 346. The Labute approximate surface area is 81.8 Å². The summed E-state index contributed by atoms with van der Waals surface area (Å²) in [5, 5.41) is 8.58. The molecule has 0 aliphatic carbocycles. The lowest BCUT2D eigenvalue weighted by Crippen LogP contribution is -2.10. The zero-order valence-corrected chi connectivity index (χ0v) is 7.56. The van der Waals surface area contributed by atoms with Gasteiger partial charge in [0.05, 0.1) is 17.3 Å². The van der Waals surface area contributed by atoms with Crippen molar-refractivity contribution in [2.45, 2.75) is 0 Å². The van der Waals surface area contributed by atoms with Gasteiger partial charge in [-0.3, -0.25) is 0 Å². The van der Waals surface area contributed by atoms with Gasteiger partial charge in [-0.25, -0.2) is 5.90 Å². The molecule has 1 aromatic carbocycles. The van der Waals surface area contributed by atoms with Crippen molar-refractivity contribution in [3.63, 3.8) is 0 Å². The van der Waals surface area contributed by atoms with E-state index < -0.39 is 0 Å². The molecule has 4 N–H and O–H groups in total. The summed E-state index contributed by atoms with van der Waals surface area (Å²) in [6, 6.07) is 6.81. The van der Waals surface area contributed by atoms with Crippen LogP contribution in [0, 0.1) is 11.3 Å². The first kappa shape index (κ1) is 10.3. The van der Waals surface area contributed by atoms with E-state index in [2.05, 4.69) is 4.84 Å². The number of hydrogen-bond donors (Lipinski definition) is 2. The summed E-state index contributed by atoms with van der Waals surface area (Å²) in [7, 11) is 0. The Kier molecular flexibility index (Phi) is 3.73. The second-order valence-corrected chi connectivity index (χ2v) is 2.58. The van der Waals surface area contributed by atoms with E-state index in [-0.39, 0.29) is 0 Å². The van der Waals surface area contributed by atoms with Crippen LogP contribution in [-0.4, -0.2) is 13.2 Å². The van der Waals surface area contributed by atoms with Crippen LogP contribution in [0.2, 0.25) is 0 Å². The Hall–Kier alpha value is -1.77. The molecule has 0 aliphatic rings. The second-order valence-electron chi connectivity index (χ2n) is 2.58. The van der Waals surface area contributed by atoms with Gasteiger partial charge in [0.15, 0.2) is 0 Å². The molecule has 0 atom stereocenters. The molecule has 0 saturated heterocycles. The van der Waals surface area contributed by atoms with Crippen LogP contribution in [0.1, 0.15) is 5.56 Å². The topological polar surface area (TPSA) is 94.3 Å². The highest BCUT2D eigenvalue weighted by molar-refractivity contribution is 5.56. The number of anilines is 1. The molecular formula is C9H11N3O2. The minimum absolute atomic E-state index is 0.291. The summed E-state index contributed by atoms with van der Waals surface area (Å²) in [6.45, 7) is 0.617. The predicted molar refractivity (Wildman–Crippen MR) is 51.2 cm³/mol. The molecule has 0 aliphatic heterocycles. The number of rotatable bonds is 4. The zero-order valence-electron chi connectivity index (χ0n) is 7.56. The molecule has 5 heteroatoms. The molecule has 0 bridgehead atoms. The molecule has 0 aromatic heterocycles. The van der Waals surface area contributed by atoms with E-state index in [1.54, 1.807) is 18.2 Å². The van der Waals surface area contributed by atoms with Crippen LogP contribution >= 0.6 is 0 Å². The highest BCUT2D eigenvalue weighted by Crippen LogP contribution is 2.21. The fraction of sp³-hybridized carbons (Fsp3) is 0.222. The van der Waals surface area contributed by atoms with Gasteiger partial charge >= 0.3 is 0 Å². The second kappa shape index (κ2) is 5.07. The maximum absolute atomic E-state index is 8.58. The fourth-order valence-electron chi connectivity index (χ4n) is 0.949. The Balaban J connectivity index is 2.65. The highest BCUT2D eigenvalue weighted by atomic mass is 16.6. The molecule has 14 heavy (non-hydrogen) atoms. The Morgan fingerprint density at radius 1 is 1.36 bits per heavy atom. The van der Waals surface area contributed by atoms with E-state index in [1.165, 1.54) is 0 Å². The number of hydrogen-bond acceptors (Lipinski definition) is 5.